The van der Waals surface area contributed by atoms with E-state index >= 15 is 0 Å². The van der Waals surface area contributed by atoms with Gasteiger partial charge >= 0.3 is 0 Å². The van der Waals surface area contributed by atoms with E-state index in [1.807, 2.05) is 0 Å². The van der Waals surface area contributed by atoms with Crippen LogP contribution in [0.15, 0.2) is 0 Å². The number of epoxide rings is 4. The molecule has 4 saturated heterocycles. The van der Waals surface area contributed by atoms with Crippen molar-refractivity contribution in [1.82, 2.24) is 0 Å². The minimum Gasteiger partial charge on any atom is -0.373 e. The molecule has 0 saturated carbocycles. The summed E-state index contributed by atoms with van der Waals surface area (Å²) in [6, 6.07) is 0. The Morgan fingerprint density at radius 2 is 0.857 bits per heavy atom. The van der Waals surface area contributed by atoms with Crippen molar-refractivity contribution in [1.29, 1.82) is 0 Å². The van der Waals surface area contributed by atoms with Crippen LogP contribution in [0.4, 0.5) is 0 Å². The summed E-state index contributed by atoms with van der Waals surface area (Å²) in [6.07, 6.45) is 5.55. The maximum Gasteiger partial charge on any atom is 0.0827 e. The third-order valence-corrected chi connectivity index (χ3v) is 4.85. The molecule has 0 radical (unpaired) electrons. The van der Waals surface area contributed by atoms with E-state index in [1.165, 1.54) is 0 Å². The maximum atomic E-state index is 6.74. The second-order valence-electron chi connectivity index (χ2n) is 7.54. The summed E-state index contributed by atoms with van der Waals surface area (Å²) in [5, 5.41) is 0. The van der Waals surface area contributed by atoms with Gasteiger partial charge in [0.2, 0.25) is 0 Å². The van der Waals surface area contributed by atoms with Crippen LogP contribution in [0.1, 0.15) is 32.1 Å². The highest BCUT2D eigenvalue weighted by molar-refractivity contribution is 5.04. The van der Waals surface area contributed by atoms with Crippen LogP contribution < -0.4 is 11.5 Å². The van der Waals surface area contributed by atoms with Crippen LogP contribution in [-0.4, -0.2) is 61.9 Å². The lowest BCUT2D eigenvalue weighted by molar-refractivity contribution is 0.176. The van der Waals surface area contributed by atoms with Crippen LogP contribution in [0.5, 0.6) is 0 Å². The standard InChI is InChI=1S/C15H26N2O4/c16-14(1-10-5-18-10,2-11-6-19-11)9-15(17,3-12-7-20-12)4-13-8-21-13/h10-13H,1-9,16-17H2. The summed E-state index contributed by atoms with van der Waals surface area (Å²) in [4.78, 5) is 0. The van der Waals surface area contributed by atoms with Crippen molar-refractivity contribution in [2.24, 2.45) is 11.5 Å². The van der Waals surface area contributed by atoms with Gasteiger partial charge in [-0.05, 0) is 32.1 Å². The molecular weight excluding hydrogens is 272 g/mol. The smallest absolute Gasteiger partial charge is 0.0827 e. The molecular formula is C15H26N2O4. The molecule has 6 heteroatoms. The van der Waals surface area contributed by atoms with E-state index in [2.05, 4.69) is 0 Å². The summed E-state index contributed by atoms with van der Waals surface area (Å²) in [5.74, 6) is 0. The van der Waals surface area contributed by atoms with Crippen molar-refractivity contribution in [3.63, 3.8) is 0 Å². The average molecular weight is 298 g/mol. The largest absolute Gasteiger partial charge is 0.373 e. The molecule has 6 nitrogen and oxygen atoms in total. The van der Waals surface area contributed by atoms with Crippen molar-refractivity contribution in [2.75, 3.05) is 26.4 Å². The van der Waals surface area contributed by atoms with E-state index in [4.69, 9.17) is 30.4 Å². The van der Waals surface area contributed by atoms with Crippen molar-refractivity contribution >= 4 is 0 Å². The molecule has 4 rings (SSSR count). The minimum absolute atomic E-state index is 0.305. The first-order valence-corrected chi connectivity index (χ1v) is 8.06. The van der Waals surface area contributed by atoms with Crippen LogP contribution in [0, 0.1) is 0 Å². The molecule has 0 aromatic carbocycles. The lowest BCUT2D eigenvalue weighted by atomic mass is 9.74. The van der Waals surface area contributed by atoms with Gasteiger partial charge in [-0.3, -0.25) is 0 Å². The zero-order valence-corrected chi connectivity index (χ0v) is 12.5. The van der Waals surface area contributed by atoms with Gasteiger partial charge in [-0.25, -0.2) is 0 Å². The molecule has 4 unspecified atom stereocenters. The van der Waals surface area contributed by atoms with E-state index in [-0.39, 0.29) is 11.1 Å². The lowest BCUT2D eigenvalue weighted by Gasteiger charge is -2.39. The van der Waals surface area contributed by atoms with Gasteiger partial charge in [-0.1, -0.05) is 0 Å². The Balaban J connectivity index is 1.43. The fourth-order valence-corrected chi connectivity index (χ4v) is 3.71. The van der Waals surface area contributed by atoms with E-state index in [1.54, 1.807) is 0 Å². The van der Waals surface area contributed by atoms with Crippen molar-refractivity contribution < 1.29 is 18.9 Å². The third-order valence-electron chi connectivity index (χ3n) is 4.85. The summed E-state index contributed by atoms with van der Waals surface area (Å²) in [5.41, 5.74) is 12.9. The Labute approximate surface area is 125 Å². The Morgan fingerprint density at radius 1 is 0.619 bits per heavy atom. The number of hydrogen-bond acceptors (Lipinski definition) is 6. The first-order chi connectivity index (χ1) is 10.0. The fraction of sp³-hybridized carbons (Fsp3) is 1.00. The summed E-state index contributed by atoms with van der Waals surface area (Å²) >= 11 is 0. The first-order valence-electron chi connectivity index (χ1n) is 8.06. The highest BCUT2D eigenvalue weighted by Gasteiger charge is 2.47. The van der Waals surface area contributed by atoms with Gasteiger partial charge in [0.1, 0.15) is 0 Å². The zero-order chi connectivity index (χ0) is 14.5. The van der Waals surface area contributed by atoms with Gasteiger partial charge < -0.3 is 30.4 Å². The number of hydrogen-bond donors (Lipinski definition) is 2. The van der Waals surface area contributed by atoms with Crippen LogP contribution in [0.3, 0.4) is 0 Å². The van der Waals surface area contributed by atoms with Crippen LogP contribution >= 0.6 is 0 Å². The molecule has 4 N–H and O–H groups in total. The SMILES string of the molecule is NC(CC1CO1)(CC1CO1)CC(N)(CC1CO1)CC1CO1. The molecule has 0 aromatic rings. The highest BCUT2D eigenvalue weighted by atomic mass is 16.6. The zero-order valence-electron chi connectivity index (χ0n) is 12.5. The van der Waals surface area contributed by atoms with E-state index in [0.717, 1.165) is 58.5 Å². The highest BCUT2D eigenvalue weighted by Crippen LogP contribution is 2.39. The molecule has 0 aliphatic carbocycles. The normalized spacial score (nSPS) is 42.0. The van der Waals surface area contributed by atoms with Gasteiger partial charge in [0.05, 0.1) is 50.8 Å². The van der Waals surface area contributed by atoms with E-state index in [0.29, 0.717) is 24.4 Å². The van der Waals surface area contributed by atoms with Gasteiger partial charge in [0.15, 0.2) is 0 Å². The molecule has 120 valence electrons. The van der Waals surface area contributed by atoms with Crippen LogP contribution in [-0.2, 0) is 18.9 Å². The summed E-state index contributed by atoms with van der Waals surface area (Å²) < 4.78 is 21.6. The minimum atomic E-state index is -0.305. The van der Waals surface area contributed by atoms with Crippen LogP contribution in [0.25, 0.3) is 0 Å². The lowest BCUT2D eigenvalue weighted by Crippen LogP contribution is -2.54. The molecule has 4 atom stereocenters. The molecule has 0 amide bonds. The number of rotatable bonds is 10. The molecule has 4 fully saturated rings. The average Bonchev–Trinajstić information content (AvgIpc) is 3.16. The van der Waals surface area contributed by atoms with E-state index < -0.39 is 0 Å². The Kier molecular flexibility index (Phi) is 3.52. The first kappa shape index (κ1) is 14.4. The Bertz CT molecular complexity index is 325. The quantitative estimate of drug-likeness (QED) is 0.547. The molecule has 4 aliphatic heterocycles. The maximum absolute atomic E-state index is 6.74. The summed E-state index contributed by atoms with van der Waals surface area (Å²) in [7, 11) is 0. The van der Waals surface area contributed by atoms with Gasteiger partial charge in [0.25, 0.3) is 0 Å². The summed E-state index contributed by atoms with van der Waals surface area (Å²) in [6.45, 7) is 3.33. The predicted molar refractivity (Wildman–Crippen MR) is 75.9 cm³/mol. The van der Waals surface area contributed by atoms with Crippen molar-refractivity contribution in [2.45, 2.75) is 67.6 Å². The van der Waals surface area contributed by atoms with E-state index in [9.17, 15) is 0 Å². The van der Waals surface area contributed by atoms with Gasteiger partial charge in [-0.15, -0.1) is 0 Å². The van der Waals surface area contributed by atoms with Gasteiger partial charge in [-0.2, -0.15) is 0 Å². The van der Waals surface area contributed by atoms with Crippen molar-refractivity contribution in [3.8, 4) is 0 Å². The molecule has 4 aliphatic rings. The second-order valence-corrected chi connectivity index (χ2v) is 7.54. The van der Waals surface area contributed by atoms with Crippen molar-refractivity contribution in [3.05, 3.63) is 0 Å². The molecule has 0 aromatic heterocycles. The predicted octanol–water partition coefficient (Wildman–Crippen LogP) is -0.0729. The number of ether oxygens (including phenoxy) is 4. The second kappa shape index (κ2) is 5.15. The fourth-order valence-electron chi connectivity index (χ4n) is 3.71. The molecule has 0 bridgehead atoms. The topological polar surface area (TPSA) is 102 Å². The van der Waals surface area contributed by atoms with Crippen LogP contribution in [0.2, 0.25) is 0 Å². The van der Waals surface area contributed by atoms with Gasteiger partial charge in [0, 0.05) is 11.1 Å². The Hall–Kier alpha value is -0.240. The number of nitrogens with two attached hydrogens (primary N) is 2. The molecule has 4 heterocycles. The monoisotopic (exact) mass is 298 g/mol. The third kappa shape index (κ3) is 4.37. The Morgan fingerprint density at radius 3 is 1.05 bits per heavy atom. The molecule has 21 heavy (non-hydrogen) atoms. The molecule has 0 spiro atoms.